The number of hydrogen-bond donors (Lipinski definition) is 1. The Balaban J connectivity index is 2.22. The smallest absolute Gasteiger partial charge is 0.338 e. The Morgan fingerprint density at radius 1 is 1.40 bits per heavy atom. The first kappa shape index (κ1) is 13.9. The van der Waals surface area contributed by atoms with Crippen LogP contribution in [0.25, 0.3) is 0 Å². The fourth-order valence-electron chi connectivity index (χ4n) is 1.78. The third-order valence-corrected chi connectivity index (χ3v) is 2.69. The molecule has 2 N–H and O–H groups in total. The zero-order chi connectivity index (χ0) is 14.7. The van der Waals surface area contributed by atoms with Crippen LogP contribution < -0.4 is 10.5 Å². The molecule has 0 bridgehead atoms. The Hall–Kier alpha value is -2.50. The van der Waals surface area contributed by atoms with Gasteiger partial charge in [0.2, 0.25) is 5.88 Å². The molecule has 0 aliphatic carbocycles. The number of carbonyl (C=O) groups excluding carboxylic acids is 1. The number of anilines is 1. The molecule has 0 amide bonds. The summed E-state index contributed by atoms with van der Waals surface area (Å²) >= 11 is 0. The first-order valence-corrected chi connectivity index (χ1v) is 6.26. The molecule has 106 valence electrons. The molecule has 2 rings (SSSR count). The van der Waals surface area contributed by atoms with Crippen LogP contribution in [0.4, 0.5) is 5.69 Å². The minimum atomic E-state index is -0.401. The van der Waals surface area contributed by atoms with Crippen molar-refractivity contribution in [1.29, 1.82) is 0 Å². The molecule has 6 nitrogen and oxygen atoms in total. The first-order valence-electron chi connectivity index (χ1n) is 6.26. The number of aryl methyl sites for hydroxylation is 2. The number of nitrogens with two attached hydrogens (primary N) is 1. The van der Waals surface area contributed by atoms with Crippen LogP contribution in [0.5, 0.6) is 11.6 Å². The monoisotopic (exact) mass is 275 g/mol. The number of ether oxygens (including phenoxy) is 2. The van der Waals surface area contributed by atoms with Gasteiger partial charge in [-0.3, -0.25) is 0 Å². The average Bonchev–Trinajstić information content (AvgIpc) is 2.70. The normalized spacial score (nSPS) is 10.3. The Morgan fingerprint density at radius 3 is 2.70 bits per heavy atom. The molecule has 1 aromatic heterocycles. The summed E-state index contributed by atoms with van der Waals surface area (Å²) in [5.41, 5.74) is 7.52. The van der Waals surface area contributed by atoms with Gasteiger partial charge in [0, 0.05) is 13.1 Å². The van der Waals surface area contributed by atoms with Crippen LogP contribution in [0.3, 0.4) is 0 Å². The van der Waals surface area contributed by atoms with Crippen molar-refractivity contribution in [1.82, 2.24) is 9.78 Å². The third kappa shape index (κ3) is 2.90. The standard InChI is InChI=1S/C14H17N3O3/c1-4-19-14(18)10-5-6-12(11(15)8-10)20-13-7-9(2)16-17(13)3/h5-8H,4,15H2,1-3H3. The second-order valence-corrected chi connectivity index (χ2v) is 4.32. The first-order chi connectivity index (χ1) is 9.51. The predicted molar refractivity (Wildman–Crippen MR) is 74.8 cm³/mol. The Kier molecular flexibility index (Phi) is 3.93. The van der Waals surface area contributed by atoms with Crippen molar-refractivity contribution in [3.8, 4) is 11.6 Å². The molecule has 0 saturated carbocycles. The van der Waals surface area contributed by atoms with Gasteiger partial charge in [-0.05, 0) is 32.0 Å². The minimum Gasteiger partial charge on any atom is -0.462 e. The van der Waals surface area contributed by atoms with E-state index in [2.05, 4.69) is 5.10 Å². The van der Waals surface area contributed by atoms with Crippen LogP contribution >= 0.6 is 0 Å². The maximum absolute atomic E-state index is 11.6. The molecule has 0 unspecified atom stereocenters. The lowest BCUT2D eigenvalue weighted by Gasteiger charge is -2.09. The fourth-order valence-corrected chi connectivity index (χ4v) is 1.78. The SMILES string of the molecule is CCOC(=O)c1ccc(Oc2cc(C)nn2C)c(N)c1. The van der Waals surface area contributed by atoms with E-state index in [4.69, 9.17) is 15.2 Å². The topological polar surface area (TPSA) is 79.4 Å². The zero-order valence-electron chi connectivity index (χ0n) is 11.7. The van der Waals surface area contributed by atoms with Crippen molar-refractivity contribution in [3.05, 3.63) is 35.5 Å². The molecule has 6 heteroatoms. The molecule has 0 fully saturated rings. The lowest BCUT2D eigenvalue weighted by molar-refractivity contribution is 0.0526. The van der Waals surface area contributed by atoms with Crippen molar-refractivity contribution in [2.24, 2.45) is 7.05 Å². The van der Waals surface area contributed by atoms with Gasteiger partial charge in [0.1, 0.15) is 0 Å². The molecular formula is C14H17N3O3. The van der Waals surface area contributed by atoms with Crippen molar-refractivity contribution in [2.75, 3.05) is 12.3 Å². The van der Waals surface area contributed by atoms with E-state index in [1.165, 1.54) is 6.07 Å². The molecule has 2 aromatic rings. The molecule has 1 aromatic carbocycles. The molecule has 0 aliphatic rings. The van der Waals surface area contributed by atoms with Gasteiger partial charge in [-0.2, -0.15) is 5.10 Å². The van der Waals surface area contributed by atoms with Crippen molar-refractivity contribution >= 4 is 11.7 Å². The Labute approximate surface area is 117 Å². The summed E-state index contributed by atoms with van der Waals surface area (Å²) in [6, 6.07) is 6.60. The quantitative estimate of drug-likeness (QED) is 0.684. The maximum Gasteiger partial charge on any atom is 0.338 e. The van der Waals surface area contributed by atoms with Crippen molar-refractivity contribution < 1.29 is 14.3 Å². The van der Waals surface area contributed by atoms with Gasteiger partial charge in [-0.25, -0.2) is 9.48 Å². The number of nitrogens with zero attached hydrogens (tertiary/aromatic N) is 2. The van der Waals surface area contributed by atoms with Crippen molar-refractivity contribution in [2.45, 2.75) is 13.8 Å². The van der Waals surface area contributed by atoms with Crippen LogP contribution in [0.15, 0.2) is 24.3 Å². The summed E-state index contributed by atoms with van der Waals surface area (Å²) in [6.45, 7) is 3.95. The fraction of sp³-hybridized carbons (Fsp3) is 0.286. The van der Waals surface area contributed by atoms with Gasteiger partial charge in [-0.15, -0.1) is 0 Å². The largest absolute Gasteiger partial charge is 0.462 e. The summed E-state index contributed by atoms with van der Waals surface area (Å²) in [5.74, 6) is 0.654. The van der Waals surface area contributed by atoms with Gasteiger partial charge in [0.25, 0.3) is 0 Å². The number of carbonyl (C=O) groups is 1. The lowest BCUT2D eigenvalue weighted by atomic mass is 10.2. The van der Waals surface area contributed by atoms with Crippen LogP contribution in [-0.4, -0.2) is 22.4 Å². The second-order valence-electron chi connectivity index (χ2n) is 4.32. The van der Waals surface area contributed by atoms with Crippen molar-refractivity contribution in [3.63, 3.8) is 0 Å². The molecule has 0 aliphatic heterocycles. The van der Waals surface area contributed by atoms with Crippen LogP contribution in [0.2, 0.25) is 0 Å². The van der Waals surface area contributed by atoms with Crippen LogP contribution in [0, 0.1) is 6.92 Å². The van der Waals surface area contributed by atoms with Crippen LogP contribution in [0.1, 0.15) is 23.0 Å². The second kappa shape index (κ2) is 5.64. The number of aromatic nitrogens is 2. The summed E-state index contributed by atoms with van der Waals surface area (Å²) in [4.78, 5) is 11.6. The Morgan fingerprint density at radius 2 is 2.15 bits per heavy atom. The number of rotatable bonds is 4. The van der Waals surface area contributed by atoms with Crippen LogP contribution in [-0.2, 0) is 11.8 Å². The summed E-state index contributed by atoms with van der Waals surface area (Å²) < 4.78 is 12.2. The molecular weight excluding hydrogens is 258 g/mol. The summed E-state index contributed by atoms with van der Waals surface area (Å²) in [5, 5.41) is 4.18. The van der Waals surface area contributed by atoms with Gasteiger partial charge in [0.15, 0.2) is 5.75 Å². The highest BCUT2D eigenvalue weighted by molar-refractivity contribution is 5.91. The predicted octanol–water partition coefficient (Wildman–Crippen LogP) is 2.28. The van der Waals surface area contributed by atoms with Gasteiger partial charge in [0.05, 0.1) is 23.6 Å². The average molecular weight is 275 g/mol. The van der Waals surface area contributed by atoms with E-state index in [0.29, 0.717) is 29.5 Å². The van der Waals surface area contributed by atoms with E-state index in [-0.39, 0.29) is 0 Å². The van der Waals surface area contributed by atoms with E-state index >= 15 is 0 Å². The van der Waals surface area contributed by atoms with Gasteiger partial charge in [-0.1, -0.05) is 0 Å². The molecule has 0 saturated heterocycles. The molecule has 1 heterocycles. The third-order valence-electron chi connectivity index (χ3n) is 2.69. The molecule has 0 spiro atoms. The Bertz CT molecular complexity index is 635. The molecule has 0 radical (unpaired) electrons. The van der Waals surface area contributed by atoms with E-state index in [1.807, 2.05) is 6.92 Å². The minimum absolute atomic E-state index is 0.325. The summed E-state index contributed by atoms with van der Waals surface area (Å²) in [7, 11) is 1.78. The van der Waals surface area contributed by atoms with Gasteiger partial charge >= 0.3 is 5.97 Å². The highest BCUT2D eigenvalue weighted by Gasteiger charge is 2.11. The maximum atomic E-state index is 11.6. The van der Waals surface area contributed by atoms with Gasteiger partial charge < -0.3 is 15.2 Å². The lowest BCUT2D eigenvalue weighted by Crippen LogP contribution is -2.06. The molecule has 0 atom stereocenters. The summed E-state index contributed by atoms with van der Waals surface area (Å²) in [6.07, 6.45) is 0. The zero-order valence-corrected chi connectivity index (χ0v) is 11.7. The van der Waals surface area contributed by atoms with E-state index < -0.39 is 5.97 Å². The highest BCUT2D eigenvalue weighted by Crippen LogP contribution is 2.28. The number of nitrogen functional groups attached to an aromatic ring is 1. The number of hydrogen-bond acceptors (Lipinski definition) is 5. The number of benzene rings is 1. The highest BCUT2D eigenvalue weighted by atomic mass is 16.5. The van der Waals surface area contributed by atoms with E-state index in [0.717, 1.165) is 5.69 Å². The van der Waals surface area contributed by atoms with E-state index in [1.54, 1.807) is 36.9 Å². The number of esters is 1. The van der Waals surface area contributed by atoms with E-state index in [9.17, 15) is 4.79 Å². The molecule has 20 heavy (non-hydrogen) atoms.